The molecular weight excluding hydrogens is 226 g/mol. The van der Waals surface area contributed by atoms with E-state index in [9.17, 15) is 0 Å². The van der Waals surface area contributed by atoms with Gasteiger partial charge in [0.05, 0.1) is 6.61 Å². The van der Waals surface area contributed by atoms with Gasteiger partial charge in [0.25, 0.3) is 0 Å². The summed E-state index contributed by atoms with van der Waals surface area (Å²) in [6, 6.07) is 8.31. The van der Waals surface area contributed by atoms with Crippen molar-refractivity contribution >= 4 is 0 Å². The minimum Gasteiger partial charge on any atom is -0.486 e. The van der Waals surface area contributed by atoms with Crippen LogP contribution >= 0.6 is 0 Å². The highest BCUT2D eigenvalue weighted by molar-refractivity contribution is 5.36. The highest BCUT2D eigenvalue weighted by Crippen LogP contribution is 2.29. The van der Waals surface area contributed by atoms with E-state index < -0.39 is 0 Å². The van der Waals surface area contributed by atoms with Crippen molar-refractivity contribution in [3.8, 4) is 5.75 Å². The first-order valence-electron chi connectivity index (χ1n) is 6.81. The van der Waals surface area contributed by atoms with Crippen LogP contribution in [0.15, 0.2) is 24.3 Å². The van der Waals surface area contributed by atoms with Gasteiger partial charge in [-0.15, -0.1) is 0 Å². The fraction of sp³-hybridized carbons (Fsp3) is 0.600. The van der Waals surface area contributed by atoms with Gasteiger partial charge in [0.2, 0.25) is 0 Å². The molecule has 1 aromatic carbocycles. The van der Waals surface area contributed by atoms with Gasteiger partial charge in [-0.25, -0.2) is 0 Å². The monoisotopic (exact) mass is 249 g/mol. The van der Waals surface area contributed by atoms with Crippen molar-refractivity contribution in [3.63, 3.8) is 0 Å². The summed E-state index contributed by atoms with van der Waals surface area (Å²) >= 11 is 0. The molecule has 0 radical (unpaired) electrons. The molecule has 0 aliphatic carbocycles. The van der Waals surface area contributed by atoms with Gasteiger partial charge in [-0.2, -0.15) is 0 Å². The summed E-state index contributed by atoms with van der Waals surface area (Å²) < 4.78 is 11.5. The number of para-hydroxylation sites is 1. The van der Waals surface area contributed by atoms with Crippen molar-refractivity contribution < 1.29 is 9.47 Å². The molecule has 1 fully saturated rings. The summed E-state index contributed by atoms with van der Waals surface area (Å²) in [6.07, 6.45) is 1.95. The summed E-state index contributed by atoms with van der Waals surface area (Å²) in [6.45, 7) is 5.75. The van der Waals surface area contributed by atoms with Crippen LogP contribution in [0.25, 0.3) is 0 Å². The zero-order chi connectivity index (χ0) is 13.0. The number of benzene rings is 1. The quantitative estimate of drug-likeness (QED) is 0.892. The summed E-state index contributed by atoms with van der Waals surface area (Å²) in [4.78, 5) is 0. The van der Waals surface area contributed by atoms with Gasteiger partial charge in [0, 0.05) is 12.6 Å². The summed E-state index contributed by atoms with van der Waals surface area (Å²) in [5.74, 6) is 1.46. The molecule has 0 saturated carbocycles. The van der Waals surface area contributed by atoms with Crippen LogP contribution in [0.4, 0.5) is 0 Å². The van der Waals surface area contributed by atoms with Crippen LogP contribution in [-0.4, -0.2) is 25.4 Å². The van der Waals surface area contributed by atoms with Gasteiger partial charge in [-0.05, 0) is 30.4 Å². The highest BCUT2D eigenvalue weighted by atomic mass is 16.5. The molecule has 1 heterocycles. The zero-order valence-electron chi connectivity index (χ0n) is 11.3. The lowest BCUT2D eigenvalue weighted by atomic mass is 9.97. The Balaban J connectivity index is 2.12. The minimum absolute atomic E-state index is 0.0241. The SMILES string of the molecule is CCC(C)c1ccccc1OC1COCCC1N. The molecular formula is C15H23NO2. The maximum Gasteiger partial charge on any atom is 0.137 e. The fourth-order valence-electron chi connectivity index (χ4n) is 2.23. The van der Waals surface area contributed by atoms with Gasteiger partial charge in [0.15, 0.2) is 0 Å². The molecule has 3 heteroatoms. The number of hydrogen-bond acceptors (Lipinski definition) is 3. The third-order valence-electron chi connectivity index (χ3n) is 3.70. The van der Waals surface area contributed by atoms with E-state index in [1.807, 2.05) is 12.1 Å². The first-order valence-corrected chi connectivity index (χ1v) is 6.81. The van der Waals surface area contributed by atoms with Crippen LogP contribution in [0.1, 0.15) is 38.2 Å². The molecule has 100 valence electrons. The number of rotatable bonds is 4. The maximum absolute atomic E-state index is 6.08. The highest BCUT2D eigenvalue weighted by Gasteiger charge is 2.25. The van der Waals surface area contributed by atoms with Crippen LogP contribution in [0.2, 0.25) is 0 Å². The van der Waals surface area contributed by atoms with Crippen molar-refractivity contribution in [3.05, 3.63) is 29.8 Å². The lowest BCUT2D eigenvalue weighted by molar-refractivity contribution is -0.00580. The van der Waals surface area contributed by atoms with Crippen molar-refractivity contribution in [1.29, 1.82) is 0 Å². The molecule has 3 atom stereocenters. The Labute approximate surface area is 109 Å². The molecule has 0 amide bonds. The Hall–Kier alpha value is -1.06. The third kappa shape index (κ3) is 3.03. The summed E-state index contributed by atoms with van der Waals surface area (Å²) in [5.41, 5.74) is 7.34. The van der Waals surface area contributed by atoms with Crippen molar-refractivity contribution in [2.45, 2.75) is 44.8 Å². The second kappa shape index (κ2) is 6.21. The minimum atomic E-state index is -0.0241. The Morgan fingerprint density at radius 1 is 1.44 bits per heavy atom. The second-order valence-electron chi connectivity index (χ2n) is 5.03. The lowest BCUT2D eigenvalue weighted by Crippen LogP contribution is -2.46. The average molecular weight is 249 g/mol. The Morgan fingerprint density at radius 3 is 2.94 bits per heavy atom. The molecule has 2 rings (SSSR count). The molecule has 1 aliphatic rings. The molecule has 0 aromatic heterocycles. The first kappa shape index (κ1) is 13.4. The van der Waals surface area contributed by atoms with Crippen LogP contribution in [0, 0.1) is 0 Å². The van der Waals surface area contributed by atoms with Gasteiger partial charge >= 0.3 is 0 Å². The largest absolute Gasteiger partial charge is 0.486 e. The molecule has 0 bridgehead atoms. The van der Waals surface area contributed by atoms with Gasteiger partial charge < -0.3 is 15.2 Å². The van der Waals surface area contributed by atoms with E-state index in [1.165, 1.54) is 5.56 Å². The van der Waals surface area contributed by atoms with E-state index in [0.29, 0.717) is 12.5 Å². The smallest absolute Gasteiger partial charge is 0.137 e. The summed E-state index contributed by atoms with van der Waals surface area (Å²) in [5, 5.41) is 0. The van der Waals surface area contributed by atoms with Gasteiger partial charge in [0.1, 0.15) is 11.9 Å². The van der Waals surface area contributed by atoms with Crippen molar-refractivity contribution in [1.82, 2.24) is 0 Å². The number of nitrogens with two attached hydrogens (primary N) is 1. The number of ether oxygens (including phenoxy) is 2. The molecule has 1 saturated heterocycles. The number of hydrogen-bond donors (Lipinski definition) is 1. The third-order valence-corrected chi connectivity index (χ3v) is 3.70. The standard InChI is InChI=1S/C15H23NO2/c1-3-11(2)12-6-4-5-7-14(12)18-15-10-17-9-8-13(15)16/h4-7,11,13,15H,3,8-10,16H2,1-2H3. The molecule has 3 nitrogen and oxygen atoms in total. The zero-order valence-corrected chi connectivity index (χ0v) is 11.3. The Morgan fingerprint density at radius 2 is 2.22 bits per heavy atom. The van der Waals surface area contributed by atoms with Crippen molar-refractivity contribution in [2.24, 2.45) is 5.73 Å². The molecule has 18 heavy (non-hydrogen) atoms. The fourth-order valence-corrected chi connectivity index (χ4v) is 2.23. The van der Waals surface area contributed by atoms with Crippen LogP contribution in [0.3, 0.4) is 0 Å². The summed E-state index contributed by atoms with van der Waals surface area (Å²) in [7, 11) is 0. The topological polar surface area (TPSA) is 44.5 Å². The molecule has 1 aromatic rings. The maximum atomic E-state index is 6.08. The van der Waals surface area contributed by atoms with E-state index in [2.05, 4.69) is 26.0 Å². The van der Waals surface area contributed by atoms with E-state index in [1.54, 1.807) is 0 Å². The predicted octanol–water partition coefficient (Wildman–Crippen LogP) is 2.70. The van der Waals surface area contributed by atoms with Crippen LogP contribution < -0.4 is 10.5 Å². The lowest BCUT2D eigenvalue weighted by Gasteiger charge is -2.30. The first-order chi connectivity index (χ1) is 8.72. The Kier molecular flexibility index (Phi) is 4.61. The van der Waals surface area contributed by atoms with E-state index in [4.69, 9.17) is 15.2 Å². The van der Waals surface area contributed by atoms with E-state index in [0.717, 1.165) is 25.2 Å². The van der Waals surface area contributed by atoms with Crippen molar-refractivity contribution in [2.75, 3.05) is 13.2 Å². The normalized spacial score (nSPS) is 25.7. The average Bonchev–Trinajstić information content (AvgIpc) is 2.41. The molecule has 3 unspecified atom stereocenters. The van der Waals surface area contributed by atoms with E-state index in [-0.39, 0.29) is 12.1 Å². The Bertz CT molecular complexity index is 381. The van der Waals surface area contributed by atoms with Crippen LogP contribution in [-0.2, 0) is 4.74 Å². The van der Waals surface area contributed by atoms with Crippen LogP contribution in [0.5, 0.6) is 5.75 Å². The van der Waals surface area contributed by atoms with E-state index >= 15 is 0 Å². The molecule has 1 aliphatic heterocycles. The second-order valence-corrected chi connectivity index (χ2v) is 5.03. The predicted molar refractivity (Wildman–Crippen MR) is 73.0 cm³/mol. The van der Waals surface area contributed by atoms with Gasteiger partial charge in [-0.3, -0.25) is 0 Å². The molecule has 2 N–H and O–H groups in total. The molecule has 0 spiro atoms. The van der Waals surface area contributed by atoms with Gasteiger partial charge in [-0.1, -0.05) is 32.0 Å².